The second-order valence-electron chi connectivity index (χ2n) is 4.87. The molecule has 0 aliphatic carbocycles. The van der Waals surface area contributed by atoms with Crippen LogP contribution in [0.25, 0.3) is 0 Å². The van der Waals surface area contributed by atoms with Crippen LogP contribution in [0.2, 0.25) is 0 Å². The van der Waals surface area contributed by atoms with E-state index in [1.807, 2.05) is 24.3 Å². The van der Waals surface area contributed by atoms with Crippen molar-refractivity contribution >= 4 is 5.78 Å². The van der Waals surface area contributed by atoms with Crippen molar-refractivity contribution in [3.63, 3.8) is 0 Å². The van der Waals surface area contributed by atoms with Crippen molar-refractivity contribution in [2.45, 2.75) is 33.1 Å². The molecule has 1 aromatic carbocycles. The lowest BCUT2D eigenvalue weighted by molar-refractivity contribution is -0.133. The van der Waals surface area contributed by atoms with E-state index in [0.29, 0.717) is 0 Å². The lowest BCUT2D eigenvalue weighted by Crippen LogP contribution is -2.35. The van der Waals surface area contributed by atoms with Crippen molar-refractivity contribution in [2.75, 3.05) is 20.8 Å². The fourth-order valence-corrected chi connectivity index (χ4v) is 2.41. The zero-order chi connectivity index (χ0) is 14.3. The van der Waals surface area contributed by atoms with Crippen LogP contribution in [0.5, 0.6) is 5.75 Å². The van der Waals surface area contributed by atoms with Gasteiger partial charge in [-0.1, -0.05) is 26.0 Å². The summed E-state index contributed by atoms with van der Waals surface area (Å²) in [6, 6.07) is 7.93. The van der Waals surface area contributed by atoms with Gasteiger partial charge in [-0.2, -0.15) is 0 Å². The van der Waals surface area contributed by atoms with E-state index < -0.39 is 0 Å². The number of ketones is 1. The van der Waals surface area contributed by atoms with Crippen LogP contribution < -0.4 is 4.74 Å². The highest BCUT2D eigenvalue weighted by Gasteiger charge is 2.34. The fraction of sp³-hybridized carbons (Fsp3) is 0.562. The van der Waals surface area contributed by atoms with Crippen LogP contribution in [-0.2, 0) is 16.0 Å². The molecule has 0 saturated carbocycles. The van der Waals surface area contributed by atoms with Crippen molar-refractivity contribution in [1.29, 1.82) is 0 Å². The number of Topliss-reactive ketones (excluding diaryl/α,β-unsaturated/α-hetero) is 1. The first-order valence-electron chi connectivity index (χ1n) is 6.77. The first-order chi connectivity index (χ1) is 9.11. The molecule has 19 heavy (non-hydrogen) atoms. The van der Waals surface area contributed by atoms with Crippen molar-refractivity contribution in [2.24, 2.45) is 5.41 Å². The summed E-state index contributed by atoms with van der Waals surface area (Å²) >= 11 is 0. The van der Waals surface area contributed by atoms with Gasteiger partial charge >= 0.3 is 0 Å². The van der Waals surface area contributed by atoms with E-state index in [4.69, 9.17) is 9.47 Å². The molecule has 0 aliphatic rings. The highest BCUT2D eigenvalue weighted by Crippen LogP contribution is 2.32. The largest absolute Gasteiger partial charge is 0.497 e. The van der Waals surface area contributed by atoms with E-state index in [1.54, 1.807) is 14.2 Å². The Kier molecular flexibility index (Phi) is 6.03. The van der Waals surface area contributed by atoms with E-state index >= 15 is 0 Å². The molecule has 0 aromatic heterocycles. The van der Waals surface area contributed by atoms with Gasteiger partial charge in [-0.25, -0.2) is 0 Å². The molecule has 1 rings (SSSR count). The molecule has 0 N–H and O–H groups in total. The summed E-state index contributed by atoms with van der Waals surface area (Å²) in [6.45, 7) is 4.33. The van der Waals surface area contributed by atoms with Gasteiger partial charge in [0.2, 0.25) is 0 Å². The average Bonchev–Trinajstić information content (AvgIpc) is 2.45. The summed E-state index contributed by atoms with van der Waals surface area (Å²) in [4.78, 5) is 12.3. The third kappa shape index (κ3) is 3.80. The number of hydrogen-bond acceptors (Lipinski definition) is 3. The van der Waals surface area contributed by atoms with Gasteiger partial charge in [0.05, 0.1) is 7.11 Å². The van der Waals surface area contributed by atoms with Crippen molar-refractivity contribution in [3.8, 4) is 5.75 Å². The number of ether oxygens (including phenoxy) is 2. The van der Waals surface area contributed by atoms with Gasteiger partial charge in [0, 0.05) is 12.5 Å². The summed E-state index contributed by atoms with van der Waals surface area (Å²) in [5.74, 6) is 1.03. The molecule has 0 spiro atoms. The smallest absolute Gasteiger partial charge is 0.164 e. The van der Waals surface area contributed by atoms with Crippen LogP contribution in [0.15, 0.2) is 24.3 Å². The molecule has 0 atom stereocenters. The van der Waals surface area contributed by atoms with Crippen molar-refractivity contribution < 1.29 is 14.3 Å². The van der Waals surface area contributed by atoms with Crippen LogP contribution in [0.4, 0.5) is 0 Å². The standard InChI is InChI=1S/C16H24O3/c1-5-16(6-2,15(17)12-18-3)11-13-7-9-14(19-4)10-8-13/h7-10H,5-6,11-12H2,1-4H3. The molecule has 1 aromatic rings. The molecule has 106 valence electrons. The zero-order valence-electron chi connectivity index (χ0n) is 12.4. The molecule has 0 amide bonds. The minimum Gasteiger partial charge on any atom is -0.497 e. The van der Waals surface area contributed by atoms with Gasteiger partial charge in [0.1, 0.15) is 12.4 Å². The van der Waals surface area contributed by atoms with Crippen LogP contribution >= 0.6 is 0 Å². The number of rotatable bonds is 8. The van der Waals surface area contributed by atoms with E-state index in [-0.39, 0.29) is 17.8 Å². The Morgan fingerprint density at radius 3 is 2.11 bits per heavy atom. The normalized spacial score (nSPS) is 11.4. The third-order valence-electron chi connectivity index (χ3n) is 3.92. The molecule has 0 fully saturated rings. The number of carbonyl (C=O) groups excluding carboxylic acids is 1. The van der Waals surface area contributed by atoms with Gasteiger partial charge in [-0.05, 0) is 37.0 Å². The lowest BCUT2D eigenvalue weighted by Gasteiger charge is -2.30. The molecule has 0 aliphatic heterocycles. The van der Waals surface area contributed by atoms with Gasteiger partial charge in [-0.15, -0.1) is 0 Å². The first kappa shape index (κ1) is 15.7. The first-order valence-corrected chi connectivity index (χ1v) is 6.77. The maximum absolute atomic E-state index is 12.3. The zero-order valence-corrected chi connectivity index (χ0v) is 12.4. The van der Waals surface area contributed by atoms with Gasteiger partial charge < -0.3 is 9.47 Å². The minimum absolute atomic E-state index is 0.191. The van der Waals surface area contributed by atoms with Crippen LogP contribution in [0.1, 0.15) is 32.3 Å². The predicted octanol–water partition coefficient (Wildman–Crippen LogP) is 3.26. The highest BCUT2D eigenvalue weighted by molar-refractivity contribution is 5.86. The number of methoxy groups -OCH3 is 2. The monoisotopic (exact) mass is 264 g/mol. The summed E-state index contributed by atoms with van der Waals surface area (Å²) in [7, 11) is 3.22. The van der Waals surface area contributed by atoms with Crippen LogP contribution in [0, 0.1) is 5.41 Å². The molecule has 3 heteroatoms. The second-order valence-corrected chi connectivity index (χ2v) is 4.87. The maximum atomic E-state index is 12.3. The summed E-state index contributed by atoms with van der Waals surface area (Å²) in [5, 5.41) is 0. The van der Waals surface area contributed by atoms with Gasteiger partial charge in [-0.3, -0.25) is 4.79 Å². The quantitative estimate of drug-likeness (QED) is 0.723. The lowest BCUT2D eigenvalue weighted by atomic mass is 9.73. The van der Waals surface area contributed by atoms with E-state index in [9.17, 15) is 4.79 Å². The second kappa shape index (κ2) is 7.29. The predicted molar refractivity (Wildman–Crippen MR) is 76.6 cm³/mol. The van der Waals surface area contributed by atoms with Gasteiger partial charge in [0.15, 0.2) is 5.78 Å². The molecule has 0 bridgehead atoms. The van der Waals surface area contributed by atoms with E-state index in [2.05, 4.69) is 13.8 Å². The maximum Gasteiger partial charge on any atom is 0.164 e. The number of benzene rings is 1. The van der Waals surface area contributed by atoms with Crippen LogP contribution in [0.3, 0.4) is 0 Å². The summed E-state index contributed by atoms with van der Waals surface area (Å²) in [5.41, 5.74) is 0.846. The Morgan fingerprint density at radius 1 is 1.11 bits per heavy atom. The molecule has 0 heterocycles. The Morgan fingerprint density at radius 2 is 1.68 bits per heavy atom. The van der Waals surface area contributed by atoms with E-state index in [0.717, 1.165) is 30.6 Å². The van der Waals surface area contributed by atoms with Crippen LogP contribution in [-0.4, -0.2) is 26.6 Å². The number of carbonyl (C=O) groups is 1. The SMILES string of the molecule is CCC(CC)(Cc1ccc(OC)cc1)C(=O)COC. The number of hydrogen-bond donors (Lipinski definition) is 0. The summed E-state index contributed by atoms with van der Waals surface area (Å²) < 4.78 is 10.2. The molecular weight excluding hydrogens is 240 g/mol. The Bertz CT molecular complexity index is 391. The molecule has 0 radical (unpaired) electrons. The fourth-order valence-electron chi connectivity index (χ4n) is 2.41. The average molecular weight is 264 g/mol. The Hall–Kier alpha value is -1.35. The summed E-state index contributed by atoms with van der Waals surface area (Å²) in [6.07, 6.45) is 2.42. The molecule has 0 saturated heterocycles. The Labute approximate surface area is 115 Å². The highest BCUT2D eigenvalue weighted by atomic mass is 16.5. The van der Waals surface area contributed by atoms with Gasteiger partial charge in [0.25, 0.3) is 0 Å². The molecular formula is C16H24O3. The minimum atomic E-state index is -0.315. The topological polar surface area (TPSA) is 35.5 Å². The molecule has 3 nitrogen and oxygen atoms in total. The Balaban J connectivity index is 2.90. The van der Waals surface area contributed by atoms with E-state index in [1.165, 1.54) is 0 Å². The molecule has 0 unspecified atom stereocenters. The van der Waals surface area contributed by atoms with Crippen molar-refractivity contribution in [1.82, 2.24) is 0 Å². The van der Waals surface area contributed by atoms with Crippen molar-refractivity contribution in [3.05, 3.63) is 29.8 Å². The third-order valence-corrected chi connectivity index (χ3v) is 3.92.